The molecule has 6 atom stereocenters. The molecule has 0 N–H and O–H groups in total. The predicted molar refractivity (Wildman–Crippen MR) is 142 cm³/mol. The molecular weight excluding hydrogens is 500 g/mol. The van der Waals surface area contributed by atoms with Gasteiger partial charge in [-0.25, -0.2) is 0 Å². The van der Waals surface area contributed by atoms with Gasteiger partial charge in [0.25, 0.3) is 0 Å². The van der Waals surface area contributed by atoms with E-state index in [9.17, 15) is 4.79 Å². The van der Waals surface area contributed by atoms with Crippen molar-refractivity contribution in [3.63, 3.8) is 0 Å². The molecule has 0 bridgehead atoms. The van der Waals surface area contributed by atoms with E-state index in [0.717, 1.165) is 22.4 Å². The van der Waals surface area contributed by atoms with Crippen LogP contribution in [0, 0.1) is 0 Å². The Morgan fingerprint density at radius 1 is 0.795 bits per heavy atom. The summed E-state index contributed by atoms with van der Waals surface area (Å²) in [5, 5.41) is 0. The number of carbonyl (C=O) groups is 1. The number of benzene rings is 3. The van der Waals surface area contributed by atoms with Crippen LogP contribution in [0.4, 0.5) is 0 Å². The Hall–Kier alpha value is -3.27. The first-order valence-electron chi connectivity index (χ1n) is 13.1. The molecule has 206 valence electrons. The third kappa shape index (κ3) is 6.84. The lowest BCUT2D eigenvalue weighted by Gasteiger charge is -2.49. The van der Waals surface area contributed by atoms with Crippen molar-refractivity contribution in [3.8, 4) is 5.75 Å². The second kappa shape index (κ2) is 13.2. The number of rotatable bonds is 10. The van der Waals surface area contributed by atoms with E-state index in [1.54, 1.807) is 7.11 Å². The molecule has 2 fully saturated rings. The minimum absolute atomic E-state index is 0.0201. The summed E-state index contributed by atoms with van der Waals surface area (Å²) in [6, 6.07) is 27.4. The molecule has 0 radical (unpaired) electrons. The number of fused-ring (bicyclic) bond motifs is 1. The van der Waals surface area contributed by atoms with Gasteiger partial charge in [0.05, 0.1) is 46.6 Å². The molecule has 0 aliphatic carbocycles. The van der Waals surface area contributed by atoms with Crippen molar-refractivity contribution in [2.45, 2.75) is 56.4 Å². The highest BCUT2D eigenvalue weighted by Gasteiger charge is 2.51. The van der Waals surface area contributed by atoms with Gasteiger partial charge in [0.15, 0.2) is 6.29 Å². The van der Waals surface area contributed by atoms with Crippen LogP contribution in [-0.4, -0.2) is 57.3 Å². The number of ether oxygens (including phenoxy) is 7. The van der Waals surface area contributed by atoms with Gasteiger partial charge in [-0.3, -0.25) is 4.79 Å². The van der Waals surface area contributed by atoms with Gasteiger partial charge in [0.1, 0.15) is 30.2 Å². The zero-order valence-corrected chi connectivity index (χ0v) is 22.1. The van der Waals surface area contributed by atoms with Crippen LogP contribution in [0.25, 0.3) is 0 Å². The summed E-state index contributed by atoms with van der Waals surface area (Å²) in [6.45, 7) is 0.950. The van der Waals surface area contributed by atoms with Crippen molar-refractivity contribution in [1.29, 1.82) is 0 Å². The van der Waals surface area contributed by atoms with Gasteiger partial charge >= 0.3 is 5.97 Å². The molecule has 39 heavy (non-hydrogen) atoms. The second-order valence-corrected chi connectivity index (χ2v) is 9.55. The normalized spacial score (nSPS) is 26.4. The van der Waals surface area contributed by atoms with Gasteiger partial charge in [-0.2, -0.15) is 0 Å². The highest BCUT2D eigenvalue weighted by molar-refractivity contribution is 5.69. The minimum Gasteiger partial charge on any atom is -0.497 e. The molecule has 2 aliphatic rings. The highest BCUT2D eigenvalue weighted by Crippen LogP contribution is 2.38. The number of hydrogen-bond acceptors (Lipinski definition) is 8. The summed E-state index contributed by atoms with van der Waals surface area (Å²) >= 11 is 0. The second-order valence-electron chi connectivity index (χ2n) is 9.55. The number of methoxy groups -OCH3 is 2. The van der Waals surface area contributed by atoms with E-state index in [1.807, 2.05) is 84.9 Å². The van der Waals surface area contributed by atoms with E-state index in [4.69, 9.17) is 33.2 Å². The van der Waals surface area contributed by atoms with Crippen molar-refractivity contribution in [1.82, 2.24) is 0 Å². The van der Waals surface area contributed by atoms with E-state index in [-0.39, 0.29) is 19.0 Å². The number of esters is 1. The van der Waals surface area contributed by atoms with Crippen LogP contribution >= 0.6 is 0 Å². The van der Waals surface area contributed by atoms with Gasteiger partial charge in [-0.05, 0) is 23.3 Å². The van der Waals surface area contributed by atoms with Crippen LogP contribution < -0.4 is 4.74 Å². The Balaban J connectivity index is 1.42. The van der Waals surface area contributed by atoms with E-state index in [0.29, 0.717) is 13.2 Å². The summed E-state index contributed by atoms with van der Waals surface area (Å²) in [6.07, 6.45) is -3.28. The molecule has 1 unspecified atom stereocenters. The monoisotopic (exact) mass is 534 g/mol. The minimum atomic E-state index is -0.615. The quantitative estimate of drug-likeness (QED) is 0.349. The molecule has 3 aromatic rings. The van der Waals surface area contributed by atoms with E-state index in [2.05, 4.69) is 0 Å². The predicted octanol–water partition coefficient (Wildman–Crippen LogP) is 4.61. The highest BCUT2D eigenvalue weighted by atomic mass is 16.7. The third-order valence-electron chi connectivity index (χ3n) is 6.98. The Morgan fingerprint density at radius 3 is 2.00 bits per heavy atom. The van der Waals surface area contributed by atoms with Gasteiger partial charge < -0.3 is 33.2 Å². The zero-order valence-electron chi connectivity index (χ0n) is 22.1. The van der Waals surface area contributed by atoms with Gasteiger partial charge in [-0.15, -0.1) is 0 Å². The fourth-order valence-corrected chi connectivity index (χ4v) is 4.93. The smallest absolute Gasteiger partial charge is 0.308 e. The maximum Gasteiger partial charge on any atom is 0.308 e. The molecule has 8 nitrogen and oxygen atoms in total. The van der Waals surface area contributed by atoms with Crippen LogP contribution in [0.5, 0.6) is 5.75 Å². The molecule has 2 aliphatic heterocycles. The lowest BCUT2D eigenvalue weighted by atomic mass is 9.92. The largest absolute Gasteiger partial charge is 0.497 e. The molecule has 0 aromatic heterocycles. The Kier molecular flexibility index (Phi) is 9.23. The first kappa shape index (κ1) is 27.3. The lowest BCUT2D eigenvalue weighted by molar-refractivity contribution is -0.339. The SMILES string of the molecule is COC(=O)C[C@@H]1O[C@@H]2COC(c3ccc(OC)cc3)O[C@H]2[C@H](OCc2ccccc2)[C@H]1OCc1ccccc1. The van der Waals surface area contributed by atoms with Gasteiger partial charge in [0, 0.05) is 5.56 Å². The van der Waals surface area contributed by atoms with Crippen molar-refractivity contribution in [2.24, 2.45) is 0 Å². The summed E-state index contributed by atoms with van der Waals surface area (Å²) in [4.78, 5) is 12.4. The first-order chi connectivity index (χ1) is 19.1. The van der Waals surface area contributed by atoms with E-state index < -0.39 is 36.8 Å². The zero-order chi connectivity index (χ0) is 27.0. The number of hydrogen-bond donors (Lipinski definition) is 0. The molecule has 2 saturated heterocycles. The van der Waals surface area contributed by atoms with Crippen LogP contribution in [0.15, 0.2) is 84.9 Å². The average Bonchev–Trinajstić information content (AvgIpc) is 3.00. The van der Waals surface area contributed by atoms with Crippen LogP contribution in [0.3, 0.4) is 0 Å². The molecule has 2 heterocycles. The van der Waals surface area contributed by atoms with Crippen LogP contribution in [0.2, 0.25) is 0 Å². The molecular formula is C31H34O8. The maximum atomic E-state index is 12.4. The Labute approximate surface area is 228 Å². The van der Waals surface area contributed by atoms with E-state index >= 15 is 0 Å². The fraction of sp³-hybridized carbons (Fsp3) is 0.387. The molecule has 8 heteroatoms. The topological polar surface area (TPSA) is 81.7 Å². The molecule has 0 saturated carbocycles. The lowest BCUT2D eigenvalue weighted by Crippen LogP contribution is -2.63. The molecule has 0 amide bonds. The van der Waals surface area contributed by atoms with E-state index in [1.165, 1.54) is 7.11 Å². The third-order valence-corrected chi connectivity index (χ3v) is 6.98. The van der Waals surface area contributed by atoms with Crippen molar-refractivity contribution >= 4 is 5.97 Å². The van der Waals surface area contributed by atoms with Crippen molar-refractivity contribution < 1.29 is 38.0 Å². The summed E-state index contributed by atoms with van der Waals surface area (Å²) < 4.78 is 42.2. The van der Waals surface area contributed by atoms with Crippen LogP contribution in [-0.2, 0) is 46.4 Å². The number of carbonyl (C=O) groups excluding carboxylic acids is 1. The molecule has 0 spiro atoms. The Bertz CT molecular complexity index is 1170. The van der Waals surface area contributed by atoms with Crippen molar-refractivity contribution in [2.75, 3.05) is 20.8 Å². The van der Waals surface area contributed by atoms with Gasteiger partial charge in [0.2, 0.25) is 0 Å². The molecule has 5 rings (SSSR count). The van der Waals surface area contributed by atoms with Crippen molar-refractivity contribution in [3.05, 3.63) is 102 Å². The molecule has 3 aromatic carbocycles. The maximum absolute atomic E-state index is 12.4. The summed E-state index contributed by atoms with van der Waals surface area (Å²) in [5.41, 5.74) is 2.88. The summed E-state index contributed by atoms with van der Waals surface area (Å²) in [7, 11) is 2.99. The fourth-order valence-electron chi connectivity index (χ4n) is 4.93. The first-order valence-corrected chi connectivity index (χ1v) is 13.1. The Morgan fingerprint density at radius 2 is 1.41 bits per heavy atom. The van der Waals surface area contributed by atoms with Gasteiger partial charge in [-0.1, -0.05) is 72.8 Å². The standard InChI is InChI=1S/C31H34O8/c1-33-24-15-13-23(14-16-24)31-37-20-26-29(39-31)30(36-19-22-11-7-4-8-12-22)28(25(38-26)17-27(32)34-2)35-18-21-9-5-3-6-10-21/h3-16,25-26,28-31H,17-20H2,1-2H3/t25-,26+,28-,29+,30+,31?/m0/s1. The average molecular weight is 535 g/mol. The van der Waals surface area contributed by atoms with Crippen LogP contribution in [0.1, 0.15) is 29.4 Å². The summed E-state index contributed by atoms with van der Waals surface area (Å²) in [5.74, 6) is 0.361.